The second-order valence-electron chi connectivity index (χ2n) is 6.97. The number of hydrogen-bond acceptors (Lipinski definition) is 3. The zero-order valence-corrected chi connectivity index (χ0v) is 17.7. The molecule has 0 saturated carbocycles. The number of nitrogens with zero attached hydrogens (tertiary/aromatic N) is 2. The van der Waals surface area contributed by atoms with Crippen molar-refractivity contribution >= 4 is 46.0 Å². The van der Waals surface area contributed by atoms with E-state index >= 15 is 0 Å². The number of para-hydroxylation sites is 1. The van der Waals surface area contributed by atoms with Crippen LogP contribution in [-0.4, -0.2) is 33.7 Å². The van der Waals surface area contributed by atoms with Crippen molar-refractivity contribution in [1.82, 2.24) is 4.31 Å². The highest BCUT2D eigenvalue weighted by molar-refractivity contribution is 7.83. The molecule has 28 heavy (non-hydrogen) atoms. The van der Waals surface area contributed by atoms with Crippen molar-refractivity contribution in [3.63, 3.8) is 0 Å². The van der Waals surface area contributed by atoms with Crippen molar-refractivity contribution in [3.8, 4) is 0 Å². The summed E-state index contributed by atoms with van der Waals surface area (Å²) in [4.78, 5) is 14.8. The number of cyclic esters (lactones) is 1. The molecule has 2 aromatic carbocycles. The quantitative estimate of drug-likeness (QED) is 0.681. The molecule has 1 amide bonds. The maximum Gasteiger partial charge on any atom is 0.414 e. The molecule has 0 aliphatic carbocycles. The van der Waals surface area contributed by atoms with E-state index in [1.807, 2.05) is 29.4 Å². The first kappa shape index (κ1) is 19.7. The monoisotopic (exact) mass is 438 g/mol. The Balaban J connectivity index is 1.52. The van der Waals surface area contributed by atoms with Crippen LogP contribution in [0.5, 0.6) is 0 Å². The molecule has 2 heterocycles. The van der Waals surface area contributed by atoms with Crippen molar-refractivity contribution in [3.05, 3.63) is 57.6 Å². The molecular formula is C20H20Cl2N2O3S. The Morgan fingerprint density at radius 2 is 1.71 bits per heavy atom. The number of rotatable bonds is 3. The molecule has 1 fully saturated rings. The molecular weight excluding hydrogens is 419 g/mol. The molecule has 5 nitrogen and oxygen atoms in total. The van der Waals surface area contributed by atoms with E-state index in [1.165, 1.54) is 0 Å². The number of fused-ring (bicyclic) bond motifs is 1. The lowest BCUT2D eigenvalue weighted by molar-refractivity contribution is 0.136. The molecule has 2 aliphatic rings. The summed E-state index contributed by atoms with van der Waals surface area (Å²) in [5.41, 5.74) is 3.03. The standard InChI is InChI=1S/C20H20Cl2N2O3S/c1-13-4-2-5-14-12-27-20(25)24(18(13)14)15-8-10-23(11-9-15)28(26)19-16(21)6-3-7-17(19)22/h2-7,15H,8-12H2,1H3. The summed E-state index contributed by atoms with van der Waals surface area (Å²) in [6.07, 6.45) is 1.07. The highest BCUT2D eigenvalue weighted by Gasteiger charge is 2.36. The van der Waals surface area contributed by atoms with Gasteiger partial charge in [-0.15, -0.1) is 0 Å². The maximum absolute atomic E-state index is 13.0. The number of carbonyl (C=O) groups is 1. The largest absolute Gasteiger partial charge is 0.444 e. The van der Waals surface area contributed by atoms with Gasteiger partial charge in [-0.2, -0.15) is 0 Å². The lowest BCUT2D eigenvalue weighted by atomic mass is 10.00. The number of anilines is 1. The molecule has 1 unspecified atom stereocenters. The molecule has 1 atom stereocenters. The number of hydrogen-bond donors (Lipinski definition) is 0. The number of carbonyl (C=O) groups excluding carboxylic acids is 1. The third-order valence-corrected chi connectivity index (χ3v) is 7.70. The Labute approximate surface area is 176 Å². The first-order chi connectivity index (χ1) is 13.5. The van der Waals surface area contributed by atoms with Gasteiger partial charge in [0.2, 0.25) is 0 Å². The van der Waals surface area contributed by atoms with E-state index in [1.54, 1.807) is 23.1 Å². The Kier molecular flexibility index (Phi) is 5.65. The third kappa shape index (κ3) is 3.54. The van der Waals surface area contributed by atoms with E-state index in [0.29, 0.717) is 47.5 Å². The molecule has 0 N–H and O–H groups in total. The van der Waals surface area contributed by atoms with Crippen LogP contribution in [0.25, 0.3) is 0 Å². The van der Waals surface area contributed by atoms with Gasteiger partial charge >= 0.3 is 6.09 Å². The van der Waals surface area contributed by atoms with Crippen molar-refractivity contribution < 1.29 is 13.7 Å². The molecule has 2 aromatic rings. The lowest BCUT2D eigenvalue weighted by Gasteiger charge is -2.40. The Bertz CT molecular complexity index is 925. The van der Waals surface area contributed by atoms with Crippen LogP contribution in [0.15, 0.2) is 41.3 Å². The summed E-state index contributed by atoms with van der Waals surface area (Å²) in [5, 5.41) is 0.800. The minimum atomic E-state index is -1.44. The maximum atomic E-state index is 13.0. The van der Waals surface area contributed by atoms with Gasteiger partial charge in [0.05, 0.1) is 20.6 Å². The zero-order valence-electron chi connectivity index (χ0n) is 15.4. The van der Waals surface area contributed by atoms with Crippen molar-refractivity contribution in [2.45, 2.75) is 37.3 Å². The SMILES string of the molecule is Cc1cccc2c1N(C1CCN(S(=O)c3c(Cl)cccc3Cl)CC1)C(=O)OC2. The third-order valence-electron chi connectivity index (χ3n) is 5.23. The first-order valence-corrected chi connectivity index (χ1v) is 11.0. The van der Waals surface area contributed by atoms with E-state index in [9.17, 15) is 9.00 Å². The van der Waals surface area contributed by atoms with E-state index in [2.05, 4.69) is 0 Å². The summed E-state index contributed by atoms with van der Waals surface area (Å²) in [6, 6.07) is 11.1. The van der Waals surface area contributed by atoms with Gasteiger partial charge in [0.1, 0.15) is 17.6 Å². The molecule has 8 heteroatoms. The normalized spacial score (nSPS) is 19.2. The minimum absolute atomic E-state index is 0.00242. The van der Waals surface area contributed by atoms with Crippen LogP contribution in [0.2, 0.25) is 10.0 Å². The van der Waals surface area contributed by atoms with E-state index in [-0.39, 0.29) is 12.1 Å². The molecule has 0 radical (unpaired) electrons. The number of ether oxygens (including phenoxy) is 1. The number of aryl methyl sites for hydroxylation is 1. The van der Waals surface area contributed by atoms with Gasteiger partial charge in [0, 0.05) is 24.7 Å². The predicted octanol–water partition coefficient (Wildman–Crippen LogP) is 4.95. The van der Waals surface area contributed by atoms with Gasteiger partial charge in [-0.3, -0.25) is 4.90 Å². The van der Waals surface area contributed by atoms with Crippen LogP contribution in [0, 0.1) is 6.92 Å². The van der Waals surface area contributed by atoms with E-state index in [4.69, 9.17) is 27.9 Å². The Morgan fingerprint density at radius 3 is 2.39 bits per heavy atom. The molecule has 2 aliphatic heterocycles. The highest BCUT2D eigenvalue weighted by Crippen LogP contribution is 2.36. The first-order valence-electron chi connectivity index (χ1n) is 9.12. The highest BCUT2D eigenvalue weighted by atomic mass is 35.5. The summed E-state index contributed by atoms with van der Waals surface area (Å²) in [7, 11) is -1.44. The number of piperidine rings is 1. The van der Waals surface area contributed by atoms with Gasteiger partial charge < -0.3 is 4.74 Å². The summed E-state index contributed by atoms with van der Waals surface area (Å²) in [6.45, 7) is 3.46. The van der Waals surface area contributed by atoms with Crippen LogP contribution in [0.4, 0.5) is 10.5 Å². The van der Waals surface area contributed by atoms with Gasteiger partial charge in [-0.1, -0.05) is 47.5 Å². The van der Waals surface area contributed by atoms with Crippen LogP contribution in [0.1, 0.15) is 24.0 Å². The molecule has 4 rings (SSSR count). The number of benzene rings is 2. The Hall–Kier alpha value is -1.60. The van der Waals surface area contributed by atoms with Crippen molar-refractivity contribution in [1.29, 1.82) is 0 Å². The lowest BCUT2D eigenvalue weighted by Crippen LogP contribution is -2.50. The Morgan fingerprint density at radius 1 is 1.07 bits per heavy atom. The molecule has 0 aromatic heterocycles. The fourth-order valence-corrected chi connectivity index (χ4v) is 5.92. The topological polar surface area (TPSA) is 49.9 Å². The number of amides is 1. The van der Waals surface area contributed by atoms with Crippen LogP contribution in [-0.2, 0) is 22.3 Å². The van der Waals surface area contributed by atoms with Gasteiger partial charge in [0.15, 0.2) is 0 Å². The second kappa shape index (κ2) is 8.03. The fourth-order valence-electron chi connectivity index (χ4n) is 3.86. The zero-order chi connectivity index (χ0) is 19.8. The second-order valence-corrected chi connectivity index (χ2v) is 9.20. The van der Waals surface area contributed by atoms with E-state index < -0.39 is 11.0 Å². The average Bonchev–Trinajstić information content (AvgIpc) is 2.68. The molecule has 0 bridgehead atoms. The summed E-state index contributed by atoms with van der Waals surface area (Å²) < 4.78 is 20.2. The van der Waals surface area contributed by atoms with E-state index in [0.717, 1.165) is 16.8 Å². The minimum Gasteiger partial charge on any atom is -0.444 e. The van der Waals surface area contributed by atoms with Crippen LogP contribution in [0.3, 0.4) is 0 Å². The van der Waals surface area contributed by atoms with Crippen molar-refractivity contribution in [2.24, 2.45) is 0 Å². The molecule has 1 saturated heterocycles. The average molecular weight is 439 g/mol. The van der Waals surface area contributed by atoms with Gasteiger partial charge in [0.25, 0.3) is 0 Å². The number of halogens is 2. The predicted molar refractivity (Wildman–Crippen MR) is 111 cm³/mol. The summed E-state index contributed by atoms with van der Waals surface area (Å²) in [5.74, 6) is 0. The molecule has 148 valence electrons. The van der Waals surface area contributed by atoms with Gasteiger partial charge in [-0.05, 0) is 37.5 Å². The fraction of sp³-hybridized carbons (Fsp3) is 0.350. The summed E-state index contributed by atoms with van der Waals surface area (Å²) >= 11 is 12.4. The van der Waals surface area contributed by atoms with Crippen LogP contribution < -0.4 is 4.90 Å². The molecule has 0 spiro atoms. The smallest absolute Gasteiger partial charge is 0.414 e. The van der Waals surface area contributed by atoms with Gasteiger partial charge in [-0.25, -0.2) is 13.3 Å². The van der Waals surface area contributed by atoms with Crippen molar-refractivity contribution in [2.75, 3.05) is 18.0 Å². The van der Waals surface area contributed by atoms with Crippen LogP contribution >= 0.6 is 23.2 Å².